The van der Waals surface area contributed by atoms with Crippen LogP contribution in [0.5, 0.6) is 5.75 Å². The summed E-state index contributed by atoms with van der Waals surface area (Å²) in [6, 6.07) is 23.0. The van der Waals surface area contributed by atoms with Crippen molar-refractivity contribution >= 4 is 28.1 Å². The molecule has 0 atom stereocenters. The highest BCUT2D eigenvalue weighted by molar-refractivity contribution is 9.10. The molecule has 0 aliphatic rings. The lowest BCUT2D eigenvalue weighted by atomic mass is 9.85. The maximum absolute atomic E-state index is 12.9. The van der Waals surface area contributed by atoms with Crippen LogP contribution in [0.2, 0.25) is 0 Å². The van der Waals surface area contributed by atoms with Gasteiger partial charge in [-0.3, -0.25) is 4.79 Å². The zero-order chi connectivity index (χ0) is 20.0. The number of nitrogens with one attached hydrogen (secondary N) is 1. The number of hydrogen-bond acceptors (Lipinski definition) is 4. The van der Waals surface area contributed by atoms with Crippen molar-refractivity contribution in [2.45, 2.75) is 5.60 Å². The second kappa shape index (κ2) is 8.82. The Balaban J connectivity index is 1.86. The summed E-state index contributed by atoms with van der Waals surface area (Å²) < 4.78 is 5.96. The van der Waals surface area contributed by atoms with Gasteiger partial charge in [0.15, 0.2) is 5.60 Å². The molecule has 3 aromatic rings. The Labute approximate surface area is 171 Å². The predicted molar refractivity (Wildman–Crippen MR) is 112 cm³/mol. The average Bonchev–Trinajstić information content (AvgIpc) is 2.74. The van der Waals surface area contributed by atoms with Crippen molar-refractivity contribution < 1.29 is 14.6 Å². The Kier molecular flexibility index (Phi) is 6.23. The van der Waals surface area contributed by atoms with Crippen LogP contribution in [0.15, 0.2) is 88.4 Å². The summed E-state index contributed by atoms with van der Waals surface area (Å²) in [7, 11) is 1.59. The number of nitrogens with zero attached hydrogens (tertiary/aromatic N) is 1. The number of hydrogen-bond donors (Lipinski definition) is 2. The fraction of sp³-hybridized carbons (Fsp3) is 0.0909. The highest BCUT2D eigenvalue weighted by atomic mass is 79.9. The Hall–Kier alpha value is -2.96. The van der Waals surface area contributed by atoms with Gasteiger partial charge < -0.3 is 9.84 Å². The molecule has 3 rings (SSSR count). The molecule has 5 nitrogen and oxygen atoms in total. The van der Waals surface area contributed by atoms with Crippen LogP contribution in [0.4, 0.5) is 0 Å². The molecule has 0 saturated carbocycles. The summed E-state index contributed by atoms with van der Waals surface area (Å²) in [5.74, 6) is 0.0532. The van der Waals surface area contributed by atoms with E-state index in [1.165, 1.54) is 6.21 Å². The number of rotatable bonds is 6. The summed E-state index contributed by atoms with van der Waals surface area (Å²) >= 11 is 3.41. The molecular formula is C22H19BrN2O3. The maximum Gasteiger partial charge on any atom is 0.281 e. The van der Waals surface area contributed by atoms with Crippen molar-refractivity contribution in [3.8, 4) is 5.75 Å². The lowest BCUT2D eigenvalue weighted by Crippen LogP contribution is -2.43. The van der Waals surface area contributed by atoms with Crippen molar-refractivity contribution in [3.05, 3.63) is 100 Å². The third-order valence-electron chi connectivity index (χ3n) is 4.27. The number of carbonyl (C=O) groups is 1. The Morgan fingerprint density at radius 2 is 1.61 bits per heavy atom. The quantitative estimate of drug-likeness (QED) is 0.453. The van der Waals surface area contributed by atoms with E-state index in [0.717, 1.165) is 10.0 Å². The Bertz CT molecular complexity index is 936. The Morgan fingerprint density at radius 3 is 2.11 bits per heavy atom. The number of halogens is 1. The van der Waals surface area contributed by atoms with Gasteiger partial charge in [-0.15, -0.1) is 0 Å². The zero-order valence-corrected chi connectivity index (χ0v) is 16.8. The van der Waals surface area contributed by atoms with Crippen LogP contribution in [-0.4, -0.2) is 24.3 Å². The van der Waals surface area contributed by atoms with Crippen LogP contribution in [0.3, 0.4) is 0 Å². The summed E-state index contributed by atoms with van der Waals surface area (Å²) in [5.41, 5.74) is 2.27. The molecule has 0 unspecified atom stereocenters. The van der Waals surface area contributed by atoms with Gasteiger partial charge in [-0.05, 0) is 50.8 Å². The van der Waals surface area contributed by atoms with Gasteiger partial charge in [-0.2, -0.15) is 5.10 Å². The number of aliphatic hydroxyl groups is 1. The van der Waals surface area contributed by atoms with Crippen LogP contribution in [0, 0.1) is 0 Å². The first-order chi connectivity index (χ1) is 13.6. The summed E-state index contributed by atoms with van der Waals surface area (Å²) in [5, 5.41) is 15.3. The van der Waals surface area contributed by atoms with E-state index in [1.807, 2.05) is 18.2 Å². The van der Waals surface area contributed by atoms with Gasteiger partial charge in [0.05, 0.1) is 17.8 Å². The van der Waals surface area contributed by atoms with Gasteiger partial charge in [-0.1, -0.05) is 60.7 Å². The van der Waals surface area contributed by atoms with Crippen LogP contribution < -0.4 is 10.2 Å². The molecule has 6 heteroatoms. The molecule has 0 spiro atoms. The lowest BCUT2D eigenvalue weighted by molar-refractivity contribution is -0.136. The van der Waals surface area contributed by atoms with Crippen molar-refractivity contribution in [3.63, 3.8) is 0 Å². The molecule has 0 aliphatic heterocycles. The van der Waals surface area contributed by atoms with Crippen LogP contribution in [0.25, 0.3) is 0 Å². The third-order valence-corrected chi connectivity index (χ3v) is 4.89. The monoisotopic (exact) mass is 438 g/mol. The molecule has 0 heterocycles. The number of carbonyl (C=O) groups excluding carboxylic acids is 1. The molecule has 28 heavy (non-hydrogen) atoms. The number of ether oxygens (including phenoxy) is 1. The largest absolute Gasteiger partial charge is 0.496 e. The SMILES string of the molecule is COc1ccc(/C=N/NC(=O)C(O)(c2ccccc2)c2ccccc2)cc1Br. The first kappa shape index (κ1) is 19.8. The number of benzene rings is 3. The van der Waals surface area contributed by atoms with Gasteiger partial charge in [0.1, 0.15) is 5.75 Å². The van der Waals surface area contributed by atoms with E-state index in [1.54, 1.807) is 67.8 Å². The fourth-order valence-corrected chi connectivity index (χ4v) is 3.36. The minimum atomic E-state index is -1.86. The molecule has 0 radical (unpaired) electrons. The average molecular weight is 439 g/mol. The van der Waals surface area contributed by atoms with E-state index < -0.39 is 11.5 Å². The second-order valence-electron chi connectivity index (χ2n) is 6.04. The van der Waals surface area contributed by atoms with Gasteiger partial charge in [0.25, 0.3) is 5.91 Å². The van der Waals surface area contributed by atoms with Gasteiger partial charge in [-0.25, -0.2) is 5.43 Å². The van der Waals surface area contributed by atoms with Crippen LogP contribution in [-0.2, 0) is 10.4 Å². The maximum atomic E-state index is 12.9. The predicted octanol–water partition coefficient (Wildman–Crippen LogP) is 3.84. The van der Waals surface area contributed by atoms with Crippen LogP contribution >= 0.6 is 15.9 Å². The molecule has 0 aromatic heterocycles. The normalized spacial score (nSPS) is 11.4. The first-order valence-electron chi connectivity index (χ1n) is 8.56. The second-order valence-corrected chi connectivity index (χ2v) is 6.89. The molecule has 0 fully saturated rings. The van der Waals surface area contributed by atoms with E-state index in [9.17, 15) is 9.90 Å². The first-order valence-corrected chi connectivity index (χ1v) is 9.35. The highest BCUT2D eigenvalue weighted by Crippen LogP contribution is 2.30. The molecule has 1 amide bonds. The lowest BCUT2D eigenvalue weighted by Gasteiger charge is -2.27. The van der Waals surface area contributed by atoms with E-state index in [2.05, 4.69) is 26.5 Å². The van der Waals surface area contributed by atoms with Gasteiger partial charge >= 0.3 is 0 Å². The molecule has 0 bridgehead atoms. The fourth-order valence-electron chi connectivity index (χ4n) is 2.80. The molecule has 3 aromatic carbocycles. The molecule has 2 N–H and O–H groups in total. The van der Waals surface area contributed by atoms with E-state index >= 15 is 0 Å². The minimum absolute atomic E-state index is 0.459. The van der Waals surface area contributed by atoms with E-state index in [4.69, 9.17) is 4.74 Å². The number of amides is 1. The molecule has 0 aliphatic carbocycles. The number of hydrazone groups is 1. The summed E-state index contributed by atoms with van der Waals surface area (Å²) in [6.07, 6.45) is 1.50. The third kappa shape index (κ3) is 4.13. The van der Waals surface area contributed by atoms with E-state index in [-0.39, 0.29) is 0 Å². The zero-order valence-electron chi connectivity index (χ0n) is 15.2. The molecular weight excluding hydrogens is 420 g/mol. The summed E-state index contributed by atoms with van der Waals surface area (Å²) in [4.78, 5) is 12.9. The standard InChI is InChI=1S/C22H19BrN2O3/c1-28-20-13-12-16(14-19(20)23)15-24-25-21(26)22(27,17-8-4-2-5-9-17)18-10-6-3-7-11-18/h2-15,27H,1H3,(H,25,26)/b24-15+. The van der Waals surface area contributed by atoms with Crippen molar-refractivity contribution in [1.29, 1.82) is 0 Å². The smallest absolute Gasteiger partial charge is 0.281 e. The van der Waals surface area contributed by atoms with Crippen molar-refractivity contribution in [1.82, 2.24) is 5.43 Å². The van der Waals surface area contributed by atoms with Crippen LogP contribution in [0.1, 0.15) is 16.7 Å². The van der Waals surface area contributed by atoms with Gasteiger partial charge in [0.2, 0.25) is 0 Å². The van der Waals surface area contributed by atoms with E-state index in [0.29, 0.717) is 16.9 Å². The number of methoxy groups -OCH3 is 1. The van der Waals surface area contributed by atoms with Crippen molar-refractivity contribution in [2.75, 3.05) is 7.11 Å². The minimum Gasteiger partial charge on any atom is -0.496 e. The Morgan fingerprint density at radius 1 is 1.04 bits per heavy atom. The topological polar surface area (TPSA) is 70.9 Å². The summed E-state index contributed by atoms with van der Waals surface area (Å²) in [6.45, 7) is 0. The van der Waals surface area contributed by atoms with Crippen molar-refractivity contribution in [2.24, 2.45) is 5.10 Å². The molecule has 0 saturated heterocycles. The van der Waals surface area contributed by atoms with Gasteiger partial charge in [0, 0.05) is 0 Å². The highest BCUT2D eigenvalue weighted by Gasteiger charge is 2.39. The molecule has 142 valence electrons.